The van der Waals surface area contributed by atoms with E-state index in [9.17, 15) is 0 Å². The zero-order valence-electron chi connectivity index (χ0n) is 11.3. The molecule has 0 unspecified atom stereocenters. The van der Waals surface area contributed by atoms with E-state index in [1.54, 1.807) is 6.07 Å². The van der Waals surface area contributed by atoms with Crippen LogP contribution in [0, 0.1) is 0 Å². The zero-order chi connectivity index (χ0) is 14.1. The molecule has 0 aliphatic carbocycles. The summed E-state index contributed by atoms with van der Waals surface area (Å²) < 4.78 is 4.77. The van der Waals surface area contributed by atoms with Crippen LogP contribution in [0.5, 0.6) is 0 Å². The monoisotopic (exact) mass is 269 g/mol. The van der Waals surface area contributed by atoms with Crippen LogP contribution >= 0.6 is 0 Å². The standard InChI is InChI=1S/C14H15N5O/c1-19(2)12-6-4-3-5-10(12)16-11-8-7-9(15)13-14(11)18-20-17-13/h3-8,16H,15H2,1-2H3. The van der Waals surface area contributed by atoms with E-state index in [1.165, 1.54) is 0 Å². The molecule has 102 valence electrons. The Hall–Kier alpha value is -2.76. The fraction of sp³-hybridized carbons (Fsp3) is 0.143. The second kappa shape index (κ2) is 4.73. The largest absolute Gasteiger partial charge is 0.397 e. The van der Waals surface area contributed by atoms with E-state index in [4.69, 9.17) is 10.4 Å². The van der Waals surface area contributed by atoms with E-state index >= 15 is 0 Å². The minimum absolute atomic E-state index is 0.549. The molecule has 0 aliphatic rings. The van der Waals surface area contributed by atoms with Gasteiger partial charge >= 0.3 is 0 Å². The number of nitrogens with zero attached hydrogens (tertiary/aromatic N) is 3. The molecule has 0 saturated carbocycles. The molecule has 0 saturated heterocycles. The number of benzene rings is 2. The van der Waals surface area contributed by atoms with Gasteiger partial charge < -0.3 is 16.0 Å². The number of aromatic nitrogens is 2. The first kappa shape index (κ1) is 12.3. The van der Waals surface area contributed by atoms with Crippen molar-refractivity contribution < 1.29 is 4.63 Å². The van der Waals surface area contributed by atoms with E-state index in [0.717, 1.165) is 17.1 Å². The van der Waals surface area contributed by atoms with Crippen LogP contribution in [0.2, 0.25) is 0 Å². The molecule has 3 aromatic rings. The molecule has 6 nitrogen and oxygen atoms in total. The van der Waals surface area contributed by atoms with Crippen LogP contribution < -0.4 is 16.0 Å². The normalized spacial score (nSPS) is 10.7. The molecule has 0 aliphatic heterocycles. The van der Waals surface area contributed by atoms with Gasteiger partial charge in [0, 0.05) is 14.1 Å². The summed E-state index contributed by atoms with van der Waals surface area (Å²) in [6, 6.07) is 11.7. The third kappa shape index (κ3) is 2.01. The van der Waals surface area contributed by atoms with Crippen molar-refractivity contribution in [1.29, 1.82) is 0 Å². The smallest absolute Gasteiger partial charge is 0.160 e. The molecule has 3 N–H and O–H groups in total. The van der Waals surface area contributed by atoms with Crippen LogP contribution in [0.15, 0.2) is 41.0 Å². The molecule has 0 bridgehead atoms. The Morgan fingerprint density at radius 2 is 1.75 bits per heavy atom. The first-order valence-corrected chi connectivity index (χ1v) is 6.21. The maximum Gasteiger partial charge on any atom is 0.160 e. The van der Waals surface area contributed by atoms with Crippen molar-refractivity contribution in [3.63, 3.8) is 0 Å². The van der Waals surface area contributed by atoms with Crippen molar-refractivity contribution in [3.05, 3.63) is 36.4 Å². The highest BCUT2D eigenvalue weighted by Gasteiger charge is 2.11. The van der Waals surface area contributed by atoms with E-state index in [-0.39, 0.29) is 0 Å². The summed E-state index contributed by atoms with van der Waals surface area (Å²) in [7, 11) is 3.99. The van der Waals surface area contributed by atoms with Gasteiger partial charge in [0.25, 0.3) is 0 Å². The Kier molecular flexibility index (Phi) is 2.90. The predicted molar refractivity (Wildman–Crippen MR) is 80.3 cm³/mol. The minimum Gasteiger partial charge on any atom is -0.397 e. The van der Waals surface area contributed by atoms with Gasteiger partial charge in [-0.15, -0.1) is 0 Å². The maximum absolute atomic E-state index is 5.84. The van der Waals surface area contributed by atoms with Crippen LogP contribution in [0.3, 0.4) is 0 Å². The van der Waals surface area contributed by atoms with Crippen molar-refractivity contribution in [1.82, 2.24) is 10.3 Å². The Bertz CT molecular complexity index is 750. The molecule has 2 aromatic carbocycles. The number of hydrogen-bond donors (Lipinski definition) is 2. The second-order valence-electron chi connectivity index (χ2n) is 4.70. The third-order valence-electron chi connectivity index (χ3n) is 3.10. The lowest BCUT2D eigenvalue weighted by atomic mass is 10.2. The van der Waals surface area contributed by atoms with Crippen molar-refractivity contribution >= 4 is 33.8 Å². The number of anilines is 4. The summed E-state index contributed by atoms with van der Waals surface area (Å²) in [5.74, 6) is 0. The van der Waals surface area contributed by atoms with Crippen molar-refractivity contribution in [2.75, 3.05) is 30.0 Å². The SMILES string of the molecule is CN(C)c1ccccc1Nc1ccc(N)c2nonc12. The Morgan fingerprint density at radius 1 is 1.00 bits per heavy atom. The second-order valence-corrected chi connectivity index (χ2v) is 4.70. The van der Waals surface area contributed by atoms with Gasteiger partial charge in [0.15, 0.2) is 11.0 Å². The number of hydrogen-bond acceptors (Lipinski definition) is 6. The molecular formula is C14H15N5O. The molecule has 1 aromatic heterocycles. The Labute approximate surface area is 116 Å². The summed E-state index contributed by atoms with van der Waals surface area (Å²) in [6.45, 7) is 0. The number of rotatable bonds is 3. The highest BCUT2D eigenvalue weighted by Crippen LogP contribution is 2.31. The minimum atomic E-state index is 0.549. The molecule has 0 spiro atoms. The van der Waals surface area contributed by atoms with E-state index in [0.29, 0.717) is 16.7 Å². The molecule has 6 heteroatoms. The van der Waals surface area contributed by atoms with Crippen LogP contribution in [0.1, 0.15) is 0 Å². The highest BCUT2D eigenvalue weighted by atomic mass is 16.6. The van der Waals surface area contributed by atoms with Gasteiger partial charge in [-0.05, 0) is 34.6 Å². The molecule has 20 heavy (non-hydrogen) atoms. The van der Waals surface area contributed by atoms with Gasteiger partial charge in [-0.2, -0.15) is 0 Å². The van der Waals surface area contributed by atoms with Crippen molar-refractivity contribution in [3.8, 4) is 0 Å². The predicted octanol–water partition coefficient (Wildman–Crippen LogP) is 2.61. The van der Waals surface area contributed by atoms with Gasteiger partial charge in [-0.3, -0.25) is 0 Å². The quantitative estimate of drug-likeness (QED) is 0.711. The van der Waals surface area contributed by atoms with E-state index < -0.39 is 0 Å². The lowest BCUT2D eigenvalue weighted by Gasteiger charge is -2.18. The fourth-order valence-electron chi connectivity index (χ4n) is 2.10. The zero-order valence-corrected chi connectivity index (χ0v) is 11.3. The Morgan fingerprint density at radius 3 is 2.55 bits per heavy atom. The maximum atomic E-state index is 5.84. The number of para-hydroxylation sites is 2. The molecular weight excluding hydrogens is 254 g/mol. The van der Waals surface area contributed by atoms with E-state index in [1.807, 2.05) is 49.3 Å². The van der Waals surface area contributed by atoms with Gasteiger partial charge in [0.2, 0.25) is 0 Å². The van der Waals surface area contributed by atoms with Crippen LogP contribution in [-0.2, 0) is 0 Å². The van der Waals surface area contributed by atoms with Crippen LogP contribution in [-0.4, -0.2) is 24.4 Å². The third-order valence-corrected chi connectivity index (χ3v) is 3.10. The summed E-state index contributed by atoms with van der Waals surface area (Å²) in [5, 5.41) is 11.1. The van der Waals surface area contributed by atoms with Gasteiger partial charge in [0.05, 0.1) is 22.7 Å². The van der Waals surface area contributed by atoms with E-state index in [2.05, 4.69) is 15.6 Å². The summed E-state index contributed by atoms with van der Waals surface area (Å²) in [6.07, 6.45) is 0. The summed E-state index contributed by atoms with van der Waals surface area (Å²) >= 11 is 0. The molecule has 0 atom stereocenters. The van der Waals surface area contributed by atoms with Crippen molar-refractivity contribution in [2.24, 2.45) is 0 Å². The number of nitrogens with one attached hydrogen (secondary N) is 1. The van der Waals surface area contributed by atoms with Crippen LogP contribution in [0.4, 0.5) is 22.7 Å². The van der Waals surface area contributed by atoms with Gasteiger partial charge in [-0.1, -0.05) is 12.1 Å². The Balaban J connectivity index is 2.06. The summed E-state index contributed by atoms with van der Waals surface area (Å²) in [5.41, 5.74) is 10.4. The van der Waals surface area contributed by atoms with Gasteiger partial charge in [-0.25, -0.2) is 4.63 Å². The topological polar surface area (TPSA) is 80.2 Å². The average Bonchev–Trinajstić information content (AvgIpc) is 2.93. The lowest BCUT2D eigenvalue weighted by molar-refractivity contribution is 0.316. The number of nitrogen functional groups attached to an aromatic ring is 1. The summed E-state index contributed by atoms with van der Waals surface area (Å²) in [4.78, 5) is 2.04. The number of nitrogens with two attached hydrogens (primary N) is 1. The highest BCUT2D eigenvalue weighted by molar-refractivity contribution is 5.97. The molecule has 0 fully saturated rings. The van der Waals surface area contributed by atoms with Crippen molar-refractivity contribution in [2.45, 2.75) is 0 Å². The molecule has 1 heterocycles. The average molecular weight is 269 g/mol. The molecule has 0 radical (unpaired) electrons. The van der Waals surface area contributed by atoms with Crippen LogP contribution in [0.25, 0.3) is 11.0 Å². The molecule has 0 amide bonds. The van der Waals surface area contributed by atoms with Gasteiger partial charge in [0.1, 0.15) is 0 Å². The lowest BCUT2D eigenvalue weighted by Crippen LogP contribution is -2.10. The first-order valence-electron chi connectivity index (χ1n) is 6.21. The first-order chi connectivity index (χ1) is 9.66. The number of fused-ring (bicyclic) bond motifs is 1. The molecule has 3 rings (SSSR count). The fourth-order valence-corrected chi connectivity index (χ4v) is 2.10.